The van der Waals surface area contributed by atoms with E-state index in [1.54, 1.807) is 24.3 Å². The first-order valence-electron chi connectivity index (χ1n) is 8.44. The van der Waals surface area contributed by atoms with E-state index in [4.69, 9.17) is 0 Å². The third-order valence-electron chi connectivity index (χ3n) is 4.13. The molecule has 7 nitrogen and oxygen atoms in total. The zero-order valence-electron chi connectivity index (χ0n) is 14.8. The maximum absolute atomic E-state index is 12.5. The van der Waals surface area contributed by atoms with E-state index in [1.807, 2.05) is 19.1 Å². The Morgan fingerprint density at radius 2 is 1.89 bits per heavy atom. The van der Waals surface area contributed by atoms with Gasteiger partial charge in [-0.2, -0.15) is 0 Å². The molecule has 0 aliphatic carbocycles. The van der Waals surface area contributed by atoms with E-state index in [1.165, 1.54) is 27.9 Å². The Bertz CT molecular complexity index is 1090. The van der Waals surface area contributed by atoms with E-state index < -0.39 is 0 Å². The van der Waals surface area contributed by atoms with Crippen LogP contribution in [0.25, 0.3) is 5.69 Å². The number of carbonyl (C=O) groups excluding carboxylic acids is 1. The number of aryl methyl sites for hydroxylation is 1. The average Bonchev–Trinajstić information content (AvgIpc) is 3.34. The molecule has 1 amide bonds. The van der Waals surface area contributed by atoms with Crippen molar-refractivity contribution >= 4 is 38.3 Å². The number of halogens is 1. The van der Waals surface area contributed by atoms with Gasteiger partial charge < -0.3 is 0 Å². The first-order chi connectivity index (χ1) is 13.6. The number of aromatic nitrogens is 5. The van der Waals surface area contributed by atoms with Crippen molar-refractivity contribution in [1.82, 2.24) is 25.2 Å². The summed E-state index contributed by atoms with van der Waals surface area (Å²) in [6.07, 6.45) is 2.29. The maximum atomic E-state index is 12.5. The van der Waals surface area contributed by atoms with Gasteiger partial charge in [0, 0.05) is 21.3 Å². The van der Waals surface area contributed by atoms with Crippen molar-refractivity contribution in [2.24, 2.45) is 0 Å². The van der Waals surface area contributed by atoms with E-state index in [0.717, 1.165) is 27.2 Å². The lowest BCUT2D eigenvalue weighted by molar-refractivity contribution is 0.102. The first kappa shape index (κ1) is 18.5. The number of amides is 1. The molecule has 0 bridgehead atoms. The molecule has 0 unspecified atom stereocenters. The molecular weight excluding hydrogens is 440 g/mol. The molecule has 0 fully saturated rings. The van der Waals surface area contributed by atoms with Crippen molar-refractivity contribution in [1.29, 1.82) is 0 Å². The second kappa shape index (κ2) is 7.99. The van der Waals surface area contributed by atoms with Crippen molar-refractivity contribution in [3.63, 3.8) is 0 Å². The smallest absolute Gasteiger partial charge is 0.257 e. The van der Waals surface area contributed by atoms with Gasteiger partial charge in [0.25, 0.3) is 5.91 Å². The summed E-state index contributed by atoms with van der Waals surface area (Å²) < 4.78 is 2.58. The molecule has 9 heteroatoms. The SMILES string of the molecule is Cc1nc(NC(=O)c2ccc(-n3cnnn3)cc2)sc1Cc1ccc(Br)cc1. The minimum absolute atomic E-state index is 0.202. The number of nitrogens with zero attached hydrogens (tertiary/aromatic N) is 5. The quantitative estimate of drug-likeness (QED) is 0.491. The lowest BCUT2D eigenvalue weighted by atomic mass is 10.1. The monoisotopic (exact) mass is 454 g/mol. The standard InChI is InChI=1S/C19H15BrN6OS/c1-12-17(10-13-2-6-15(20)7-3-13)28-19(22-12)23-18(27)14-4-8-16(9-5-14)26-11-21-24-25-26/h2-9,11H,10H2,1H3,(H,22,23,27). The number of hydrogen-bond donors (Lipinski definition) is 1. The van der Waals surface area contributed by atoms with Gasteiger partial charge in [0.1, 0.15) is 6.33 Å². The molecule has 4 aromatic rings. The van der Waals surface area contributed by atoms with E-state index in [0.29, 0.717) is 10.7 Å². The second-order valence-electron chi connectivity index (χ2n) is 6.09. The summed E-state index contributed by atoms with van der Waals surface area (Å²) >= 11 is 4.94. The highest BCUT2D eigenvalue weighted by Crippen LogP contribution is 2.26. The van der Waals surface area contributed by atoms with Gasteiger partial charge in [-0.15, -0.1) is 16.4 Å². The van der Waals surface area contributed by atoms with Gasteiger partial charge in [0.05, 0.1) is 11.4 Å². The summed E-state index contributed by atoms with van der Waals surface area (Å²) in [5.41, 5.74) is 3.45. The minimum atomic E-state index is -0.202. The van der Waals surface area contributed by atoms with Crippen molar-refractivity contribution in [2.75, 3.05) is 5.32 Å². The Kier molecular flexibility index (Phi) is 5.27. The fraction of sp³-hybridized carbons (Fsp3) is 0.105. The molecule has 0 spiro atoms. The number of anilines is 1. The number of benzene rings is 2. The van der Waals surface area contributed by atoms with Gasteiger partial charge in [-0.1, -0.05) is 28.1 Å². The maximum Gasteiger partial charge on any atom is 0.257 e. The van der Waals surface area contributed by atoms with Crippen molar-refractivity contribution in [3.05, 3.63) is 81.0 Å². The van der Waals surface area contributed by atoms with Crippen LogP contribution in [-0.4, -0.2) is 31.1 Å². The van der Waals surface area contributed by atoms with Gasteiger partial charge in [-0.25, -0.2) is 9.67 Å². The Labute approximate surface area is 173 Å². The van der Waals surface area contributed by atoms with Crippen LogP contribution in [0, 0.1) is 6.92 Å². The molecule has 0 radical (unpaired) electrons. The van der Waals surface area contributed by atoms with E-state index in [2.05, 4.69) is 53.9 Å². The van der Waals surface area contributed by atoms with Gasteiger partial charge in [0.15, 0.2) is 5.13 Å². The Morgan fingerprint density at radius 3 is 2.57 bits per heavy atom. The van der Waals surface area contributed by atoms with Gasteiger partial charge >= 0.3 is 0 Å². The summed E-state index contributed by atoms with van der Waals surface area (Å²) in [4.78, 5) is 18.2. The van der Waals surface area contributed by atoms with Gasteiger partial charge in [0.2, 0.25) is 0 Å². The van der Waals surface area contributed by atoms with Crippen LogP contribution >= 0.6 is 27.3 Å². The highest BCUT2D eigenvalue weighted by molar-refractivity contribution is 9.10. The minimum Gasteiger partial charge on any atom is -0.298 e. The summed E-state index contributed by atoms with van der Waals surface area (Å²) in [7, 11) is 0. The second-order valence-corrected chi connectivity index (χ2v) is 8.09. The third-order valence-corrected chi connectivity index (χ3v) is 5.74. The van der Waals surface area contributed by atoms with Crippen molar-refractivity contribution in [2.45, 2.75) is 13.3 Å². The zero-order valence-corrected chi connectivity index (χ0v) is 17.2. The van der Waals surface area contributed by atoms with Crippen LogP contribution in [0.4, 0.5) is 5.13 Å². The van der Waals surface area contributed by atoms with E-state index in [-0.39, 0.29) is 5.91 Å². The van der Waals surface area contributed by atoms with Crippen LogP contribution in [0.5, 0.6) is 0 Å². The number of hydrogen-bond acceptors (Lipinski definition) is 6. The average molecular weight is 455 g/mol. The first-order valence-corrected chi connectivity index (χ1v) is 10.0. The van der Waals surface area contributed by atoms with Crippen LogP contribution < -0.4 is 5.32 Å². The summed E-state index contributed by atoms with van der Waals surface area (Å²) in [5, 5.41) is 14.5. The number of nitrogens with one attached hydrogen (secondary N) is 1. The van der Waals surface area contributed by atoms with Crippen LogP contribution in [0.1, 0.15) is 26.5 Å². The number of rotatable bonds is 5. The highest BCUT2D eigenvalue weighted by atomic mass is 79.9. The molecule has 28 heavy (non-hydrogen) atoms. The van der Waals surface area contributed by atoms with Crippen LogP contribution in [0.3, 0.4) is 0 Å². The van der Waals surface area contributed by atoms with Crippen molar-refractivity contribution < 1.29 is 4.79 Å². The molecule has 0 aliphatic rings. The summed E-state index contributed by atoms with van der Waals surface area (Å²) in [6.45, 7) is 1.96. The molecule has 0 saturated heterocycles. The molecular formula is C19H15BrN6OS. The fourth-order valence-corrected chi connectivity index (χ4v) is 3.90. The van der Waals surface area contributed by atoms with Gasteiger partial charge in [-0.05, 0) is 59.3 Å². The molecule has 0 atom stereocenters. The number of tetrazole rings is 1. The predicted molar refractivity (Wildman–Crippen MR) is 111 cm³/mol. The zero-order chi connectivity index (χ0) is 19.5. The lowest BCUT2D eigenvalue weighted by Gasteiger charge is -2.03. The fourth-order valence-electron chi connectivity index (χ4n) is 2.65. The topological polar surface area (TPSA) is 85.6 Å². The summed E-state index contributed by atoms with van der Waals surface area (Å²) in [5.74, 6) is -0.202. The predicted octanol–water partition coefficient (Wildman–Crippen LogP) is 4.03. The molecule has 0 saturated carbocycles. The Balaban J connectivity index is 1.45. The molecule has 2 heterocycles. The van der Waals surface area contributed by atoms with Crippen LogP contribution in [0.2, 0.25) is 0 Å². The highest BCUT2D eigenvalue weighted by Gasteiger charge is 2.13. The molecule has 140 valence electrons. The molecule has 0 aliphatic heterocycles. The van der Waals surface area contributed by atoms with E-state index >= 15 is 0 Å². The van der Waals surface area contributed by atoms with Crippen LogP contribution in [0.15, 0.2) is 59.3 Å². The molecule has 2 aromatic heterocycles. The normalized spacial score (nSPS) is 10.8. The molecule has 4 rings (SSSR count). The molecule has 2 aromatic carbocycles. The van der Waals surface area contributed by atoms with Gasteiger partial charge in [-0.3, -0.25) is 10.1 Å². The third kappa shape index (κ3) is 4.15. The van der Waals surface area contributed by atoms with Crippen LogP contribution in [-0.2, 0) is 6.42 Å². The largest absolute Gasteiger partial charge is 0.298 e. The number of carbonyl (C=O) groups is 1. The Hall–Kier alpha value is -2.91. The molecule has 1 N–H and O–H groups in total. The Morgan fingerprint density at radius 1 is 1.14 bits per heavy atom. The van der Waals surface area contributed by atoms with E-state index in [9.17, 15) is 4.79 Å². The van der Waals surface area contributed by atoms with Crippen molar-refractivity contribution in [3.8, 4) is 5.69 Å². The summed E-state index contributed by atoms with van der Waals surface area (Å²) in [6, 6.07) is 15.2. The number of thiazole rings is 1. The lowest BCUT2D eigenvalue weighted by Crippen LogP contribution is -2.11.